The molecule has 1 atom stereocenters. The number of hydrogen-bond acceptors (Lipinski definition) is 4. The lowest BCUT2D eigenvalue weighted by molar-refractivity contribution is 0.553. The van der Waals surface area contributed by atoms with Gasteiger partial charge in [0.1, 0.15) is 6.33 Å². The minimum atomic E-state index is 0.515. The second-order valence-corrected chi connectivity index (χ2v) is 5.20. The predicted octanol–water partition coefficient (Wildman–Crippen LogP) is 1.53. The molecular weight excluding hydrogens is 196 g/mol. The fraction of sp³-hybridized carbons (Fsp3) is 0.778. The summed E-state index contributed by atoms with van der Waals surface area (Å²) in [5.41, 5.74) is 0. The van der Waals surface area contributed by atoms with Crippen LogP contribution in [-0.2, 0) is 0 Å². The molecule has 0 amide bonds. The molecule has 1 aromatic rings. The summed E-state index contributed by atoms with van der Waals surface area (Å²) in [6.45, 7) is 8.67. The zero-order valence-electron chi connectivity index (χ0n) is 8.95. The van der Waals surface area contributed by atoms with Crippen LogP contribution in [0.1, 0.15) is 20.8 Å². The van der Waals surface area contributed by atoms with E-state index in [2.05, 4.69) is 41.3 Å². The normalized spacial score (nSPS) is 13.4. The van der Waals surface area contributed by atoms with E-state index in [0.717, 1.165) is 18.2 Å². The predicted molar refractivity (Wildman–Crippen MR) is 59.4 cm³/mol. The molecule has 1 rings (SSSR count). The van der Waals surface area contributed by atoms with Crippen molar-refractivity contribution in [3.05, 3.63) is 6.33 Å². The van der Waals surface area contributed by atoms with Crippen molar-refractivity contribution in [1.29, 1.82) is 0 Å². The Hall–Kier alpha value is -0.550. The molecule has 1 unspecified atom stereocenters. The van der Waals surface area contributed by atoms with E-state index in [4.69, 9.17) is 0 Å². The number of thioether (sulfide) groups is 1. The number of rotatable bonds is 6. The largest absolute Gasteiger partial charge is 0.315 e. The van der Waals surface area contributed by atoms with Gasteiger partial charge in [-0.05, 0) is 12.5 Å². The van der Waals surface area contributed by atoms with Gasteiger partial charge in [-0.25, -0.2) is 4.98 Å². The molecule has 5 heteroatoms. The number of aromatic amines is 1. The monoisotopic (exact) mass is 214 g/mol. The lowest BCUT2D eigenvalue weighted by Gasteiger charge is -2.11. The summed E-state index contributed by atoms with van der Waals surface area (Å²) in [5, 5.41) is 11.5. The van der Waals surface area contributed by atoms with Crippen molar-refractivity contribution in [2.24, 2.45) is 5.92 Å². The molecule has 0 radical (unpaired) electrons. The summed E-state index contributed by atoms with van der Waals surface area (Å²) in [6, 6.07) is 0. The van der Waals surface area contributed by atoms with Gasteiger partial charge in [-0.3, -0.25) is 5.10 Å². The van der Waals surface area contributed by atoms with Gasteiger partial charge in [-0.2, -0.15) is 5.10 Å². The van der Waals surface area contributed by atoms with Gasteiger partial charge in [0.15, 0.2) is 5.16 Å². The van der Waals surface area contributed by atoms with Gasteiger partial charge < -0.3 is 5.32 Å². The third-order valence-electron chi connectivity index (χ3n) is 1.69. The standard InChI is InChI=1S/C9H18N4S/c1-7(2)4-10-5-8(3)14-9-11-6-12-13-9/h6-8,10H,4-5H2,1-3H3,(H,11,12,13). The molecule has 1 heterocycles. The second kappa shape index (κ2) is 6.03. The van der Waals surface area contributed by atoms with Crippen molar-refractivity contribution in [3.63, 3.8) is 0 Å². The van der Waals surface area contributed by atoms with Crippen LogP contribution in [0, 0.1) is 5.92 Å². The van der Waals surface area contributed by atoms with Crippen LogP contribution in [-0.4, -0.2) is 33.5 Å². The first-order valence-corrected chi connectivity index (χ1v) is 5.79. The second-order valence-electron chi connectivity index (χ2n) is 3.77. The van der Waals surface area contributed by atoms with Crippen LogP contribution in [0.25, 0.3) is 0 Å². The Morgan fingerprint density at radius 3 is 2.79 bits per heavy atom. The summed E-state index contributed by atoms with van der Waals surface area (Å²) in [7, 11) is 0. The fourth-order valence-corrected chi connectivity index (χ4v) is 1.85. The number of nitrogens with zero attached hydrogens (tertiary/aromatic N) is 2. The maximum atomic E-state index is 4.07. The summed E-state index contributed by atoms with van der Waals surface area (Å²) < 4.78 is 0. The zero-order chi connectivity index (χ0) is 10.4. The van der Waals surface area contributed by atoms with Crippen LogP contribution in [0.5, 0.6) is 0 Å². The lowest BCUT2D eigenvalue weighted by Crippen LogP contribution is -2.26. The topological polar surface area (TPSA) is 53.6 Å². The quantitative estimate of drug-likeness (QED) is 0.705. The Balaban J connectivity index is 2.13. The van der Waals surface area contributed by atoms with Crippen molar-refractivity contribution in [2.45, 2.75) is 31.2 Å². The Morgan fingerprint density at radius 1 is 1.43 bits per heavy atom. The molecule has 0 aromatic carbocycles. The third-order valence-corrected chi connectivity index (χ3v) is 2.68. The Morgan fingerprint density at radius 2 is 2.21 bits per heavy atom. The Kier molecular flexibility index (Phi) is 4.97. The van der Waals surface area contributed by atoms with Crippen LogP contribution in [0.3, 0.4) is 0 Å². The molecular formula is C9H18N4S. The van der Waals surface area contributed by atoms with Crippen LogP contribution < -0.4 is 5.32 Å². The average Bonchev–Trinajstić information content (AvgIpc) is 2.56. The van der Waals surface area contributed by atoms with Gasteiger partial charge in [0, 0.05) is 11.8 Å². The first-order valence-electron chi connectivity index (χ1n) is 4.91. The maximum absolute atomic E-state index is 4.07. The summed E-state index contributed by atoms with van der Waals surface area (Å²) >= 11 is 1.71. The fourth-order valence-electron chi connectivity index (χ4n) is 1.06. The van der Waals surface area contributed by atoms with E-state index in [1.165, 1.54) is 6.33 Å². The highest BCUT2D eigenvalue weighted by molar-refractivity contribution is 7.99. The smallest absolute Gasteiger partial charge is 0.183 e. The molecule has 80 valence electrons. The molecule has 0 saturated carbocycles. The van der Waals surface area contributed by atoms with Crippen molar-refractivity contribution < 1.29 is 0 Å². The summed E-state index contributed by atoms with van der Waals surface area (Å²) in [4.78, 5) is 4.07. The minimum absolute atomic E-state index is 0.515. The van der Waals surface area contributed by atoms with Gasteiger partial charge >= 0.3 is 0 Å². The summed E-state index contributed by atoms with van der Waals surface area (Å²) in [5.74, 6) is 0.706. The van der Waals surface area contributed by atoms with E-state index in [-0.39, 0.29) is 0 Å². The summed E-state index contributed by atoms with van der Waals surface area (Å²) in [6.07, 6.45) is 1.54. The van der Waals surface area contributed by atoms with E-state index < -0.39 is 0 Å². The highest BCUT2D eigenvalue weighted by Crippen LogP contribution is 2.16. The number of aromatic nitrogens is 3. The Bertz CT molecular complexity index is 235. The van der Waals surface area contributed by atoms with Crippen molar-refractivity contribution in [2.75, 3.05) is 13.1 Å². The Labute approximate surface area is 89.3 Å². The van der Waals surface area contributed by atoms with Gasteiger partial charge in [0.25, 0.3) is 0 Å². The molecule has 0 aliphatic rings. The van der Waals surface area contributed by atoms with Crippen molar-refractivity contribution >= 4 is 11.8 Å². The van der Waals surface area contributed by atoms with Crippen LogP contribution in [0.4, 0.5) is 0 Å². The van der Waals surface area contributed by atoms with E-state index >= 15 is 0 Å². The van der Waals surface area contributed by atoms with Crippen molar-refractivity contribution in [3.8, 4) is 0 Å². The molecule has 4 nitrogen and oxygen atoms in total. The molecule has 1 aromatic heterocycles. The molecule has 0 aliphatic heterocycles. The van der Waals surface area contributed by atoms with Crippen LogP contribution in [0.15, 0.2) is 11.5 Å². The maximum Gasteiger partial charge on any atom is 0.183 e. The molecule has 2 N–H and O–H groups in total. The average molecular weight is 214 g/mol. The molecule has 0 fully saturated rings. The number of nitrogens with one attached hydrogen (secondary N) is 2. The highest BCUT2D eigenvalue weighted by atomic mass is 32.2. The van der Waals surface area contributed by atoms with E-state index in [9.17, 15) is 0 Å². The van der Waals surface area contributed by atoms with Gasteiger partial charge in [-0.15, -0.1) is 0 Å². The first kappa shape index (κ1) is 11.5. The van der Waals surface area contributed by atoms with Gasteiger partial charge in [0.05, 0.1) is 0 Å². The van der Waals surface area contributed by atoms with Crippen LogP contribution >= 0.6 is 11.8 Å². The molecule has 0 bridgehead atoms. The first-order chi connectivity index (χ1) is 6.68. The molecule has 0 spiro atoms. The molecule has 0 saturated heterocycles. The highest BCUT2D eigenvalue weighted by Gasteiger charge is 2.05. The third kappa shape index (κ3) is 4.62. The zero-order valence-corrected chi connectivity index (χ0v) is 9.77. The molecule has 14 heavy (non-hydrogen) atoms. The molecule has 0 aliphatic carbocycles. The van der Waals surface area contributed by atoms with Crippen LogP contribution in [0.2, 0.25) is 0 Å². The van der Waals surface area contributed by atoms with E-state index in [1.807, 2.05) is 0 Å². The minimum Gasteiger partial charge on any atom is -0.315 e. The lowest BCUT2D eigenvalue weighted by atomic mass is 10.2. The van der Waals surface area contributed by atoms with E-state index in [1.54, 1.807) is 11.8 Å². The van der Waals surface area contributed by atoms with Gasteiger partial charge in [0.2, 0.25) is 0 Å². The van der Waals surface area contributed by atoms with E-state index in [0.29, 0.717) is 11.2 Å². The number of H-pyrrole nitrogens is 1. The number of hydrogen-bond donors (Lipinski definition) is 2. The SMILES string of the molecule is CC(C)CNCC(C)Sc1ncn[nH]1. The van der Waals surface area contributed by atoms with Crippen molar-refractivity contribution in [1.82, 2.24) is 20.5 Å². The van der Waals surface area contributed by atoms with Gasteiger partial charge in [-0.1, -0.05) is 32.5 Å².